The quantitative estimate of drug-likeness (QED) is 0.228. The summed E-state index contributed by atoms with van der Waals surface area (Å²) in [6.45, 7) is 21.3. The number of nitrogens with one attached hydrogen (secondary N) is 1. The van der Waals surface area contributed by atoms with Gasteiger partial charge in [-0.05, 0) is 91.6 Å². The minimum atomic E-state index is -1.83. The van der Waals surface area contributed by atoms with E-state index in [1.54, 1.807) is 0 Å². The van der Waals surface area contributed by atoms with Crippen LogP contribution >= 0.6 is 21.6 Å². The molecule has 1 saturated heterocycles. The van der Waals surface area contributed by atoms with Crippen LogP contribution in [0.15, 0.2) is 70.5 Å². The van der Waals surface area contributed by atoms with Crippen molar-refractivity contribution in [2.45, 2.75) is 93.7 Å². The Balaban J connectivity index is 0.000000326. The first-order valence-corrected chi connectivity index (χ1v) is 17.5. The first-order valence-electron chi connectivity index (χ1n) is 15.1. The fourth-order valence-corrected chi connectivity index (χ4v) is 9.53. The molecule has 0 atom stereocenters. The summed E-state index contributed by atoms with van der Waals surface area (Å²) in [5.41, 5.74) is -0.0636. The third kappa shape index (κ3) is 9.35. The number of anilines is 1. The molecule has 1 amide bonds. The molecule has 4 rings (SSSR count). The summed E-state index contributed by atoms with van der Waals surface area (Å²) < 4.78 is 12.2. The summed E-state index contributed by atoms with van der Waals surface area (Å²) in [5.74, 6) is 0.845. The van der Waals surface area contributed by atoms with E-state index >= 15 is 0 Å². The normalized spacial score (nSPS) is 15.5. The van der Waals surface area contributed by atoms with Crippen LogP contribution in [0.5, 0.6) is 0 Å². The van der Waals surface area contributed by atoms with E-state index in [2.05, 4.69) is 131 Å². The number of rotatable bonds is 10. The molecule has 0 spiro atoms. The Morgan fingerprint density at radius 3 is 1.93 bits per heavy atom. The third-order valence-electron chi connectivity index (χ3n) is 7.81. The van der Waals surface area contributed by atoms with E-state index in [4.69, 9.17) is 8.92 Å². The Bertz CT molecular complexity index is 1210. The van der Waals surface area contributed by atoms with E-state index in [0.717, 1.165) is 24.1 Å². The van der Waals surface area contributed by atoms with Crippen LogP contribution in [0.2, 0.25) is 0 Å². The monoisotopic (exact) mass is 628 g/mol. The number of amides is 1. The van der Waals surface area contributed by atoms with E-state index in [-0.39, 0.29) is 10.2 Å². The molecule has 0 aliphatic carbocycles. The maximum atomic E-state index is 10.7. The smallest absolute Gasteiger partial charge is 0.213 e. The Hall–Kier alpha value is -2.30. The molecule has 1 aliphatic heterocycles. The number of carbonyl (C=O) groups is 1. The van der Waals surface area contributed by atoms with Crippen LogP contribution < -0.4 is 5.32 Å². The molecular weight excluding hydrogens is 577 g/mol. The molecule has 2 aromatic carbocycles. The zero-order chi connectivity index (χ0) is 31.7. The molecule has 1 N–H and O–H groups in total. The summed E-state index contributed by atoms with van der Waals surface area (Å²) in [6, 6.07) is 21.0. The average Bonchev–Trinajstić information content (AvgIpc) is 3.44. The van der Waals surface area contributed by atoms with Crippen molar-refractivity contribution in [3.63, 3.8) is 0 Å². The number of benzene rings is 2. The fraction of sp³-hybridized carbons (Fsp3) is 0.559. The Labute approximate surface area is 265 Å². The zero-order valence-electron chi connectivity index (χ0n) is 27.6. The topological polar surface area (TPSA) is 76.6 Å². The van der Waals surface area contributed by atoms with Gasteiger partial charge in [-0.2, -0.15) is 0 Å². The van der Waals surface area contributed by atoms with Gasteiger partial charge < -0.3 is 19.1 Å². The minimum Gasteiger partial charge on any atom is -0.381 e. The highest BCUT2D eigenvalue weighted by atomic mass is 32.3. The van der Waals surface area contributed by atoms with Crippen LogP contribution in [-0.2, 0) is 19.1 Å². The second kappa shape index (κ2) is 15.1. The maximum absolute atomic E-state index is 10.7. The van der Waals surface area contributed by atoms with Crippen molar-refractivity contribution in [3.05, 3.63) is 65.7 Å². The maximum Gasteiger partial charge on any atom is 0.213 e. The lowest BCUT2D eigenvalue weighted by Gasteiger charge is -2.51. The van der Waals surface area contributed by atoms with Crippen LogP contribution in [0, 0.1) is 5.92 Å². The molecule has 1 aromatic heterocycles. The van der Waals surface area contributed by atoms with Gasteiger partial charge in [0.05, 0.1) is 6.61 Å². The lowest BCUT2D eigenvalue weighted by Crippen LogP contribution is -2.42. The Kier molecular flexibility index (Phi) is 12.4. The van der Waals surface area contributed by atoms with Crippen molar-refractivity contribution in [2.24, 2.45) is 5.92 Å². The number of hydrogen-bond acceptors (Lipinski definition) is 7. The fourth-order valence-electron chi connectivity index (χ4n) is 4.87. The minimum absolute atomic E-state index is 0.142. The van der Waals surface area contributed by atoms with Gasteiger partial charge in [-0.1, -0.05) is 71.9 Å². The van der Waals surface area contributed by atoms with E-state index in [0.29, 0.717) is 23.7 Å². The standard InChI is InChI=1S/C23H29N3O2S2.C11H23NO/c1-22(2,3)30(18-12-8-6-9-13-18,19-14-10-7-11-15-19)28-16-23(4,5)20-25-26-21(29-20)24-17-27;1-11(2,3)12(4)9-10-5-7-13-8-6-10/h6-15,17H,16H2,1-5H3,(H,24,26,27);10H,5-9H2,1-4H3. The molecule has 3 aromatic rings. The summed E-state index contributed by atoms with van der Waals surface area (Å²) >= 11 is 1.38. The third-order valence-corrected chi connectivity index (χ3v) is 13.1. The summed E-state index contributed by atoms with van der Waals surface area (Å²) in [6.07, 6.45) is 3.09. The highest BCUT2D eigenvalue weighted by Crippen LogP contribution is 2.71. The second-order valence-electron chi connectivity index (χ2n) is 13.7. The SMILES string of the molecule is CC(C)(COS(c1ccccc1)(c1ccccc1)C(C)(C)C)c1nnc(NC=O)s1.CN(CC1CCOCC1)C(C)(C)C. The van der Waals surface area contributed by atoms with Gasteiger partial charge in [-0.25, -0.2) is 0 Å². The van der Waals surface area contributed by atoms with Gasteiger partial charge in [0.1, 0.15) is 5.01 Å². The van der Waals surface area contributed by atoms with E-state index in [1.165, 1.54) is 40.5 Å². The Morgan fingerprint density at radius 2 is 1.47 bits per heavy atom. The first kappa shape index (κ1) is 35.2. The van der Waals surface area contributed by atoms with Gasteiger partial charge in [0.2, 0.25) is 11.5 Å². The lowest BCUT2D eigenvalue weighted by atomic mass is 9.96. The van der Waals surface area contributed by atoms with Gasteiger partial charge in [0.15, 0.2) is 0 Å². The molecule has 0 unspecified atom stereocenters. The molecule has 7 nitrogen and oxygen atoms in total. The van der Waals surface area contributed by atoms with E-state index < -0.39 is 10.3 Å². The van der Waals surface area contributed by atoms with Crippen LogP contribution in [0.1, 0.15) is 73.2 Å². The predicted octanol–water partition coefficient (Wildman–Crippen LogP) is 8.18. The van der Waals surface area contributed by atoms with Crippen molar-refractivity contribution in [1.82, 2.24) is 15.1 Å². The van der Waals surface area contributed by atoms with Gasteiger partial charge in [-0.3, -0.25) is 4.79 Å². The van der Waals surface area contributed by atoms with Crippen LogP contribution in [0.3, 0.4) is 0 Å². The van der Waals surface area contributed by atoms with E-state index in [9.17, 15) is 4.79 Å². The van der Waals surface area contributed by atoms with Crippen molar-refractivity contribution in [3.8, 4) is 0 Å². The number of carbonyl (C=O) groups excluding carboxylic acids is 1. The van der Waals surface area contributed by atoms with Gasteiger partial charge in [0, 0.05) is 45.3 Å². The highest BCUT2D eigenvalue weighted by molar-refractivity contribution is 8.31. The number of hydrogen-bond donors (Lipinski definition) is 1. The van der Waals surface area contributed by atoms with Crippen molar-refractivity contribution in [2.75, 3.05) is 38.7 Å². The van der Waals surface area contributed by atoms with Gasteiger partial charge in [0.25, 0.3) is 0 Å². The molecule has 0 saturated carbocycles. The van der Waals surface area contributed by atoms with Crippen LogP contribution in [0.25, 0.3) is 0 Å². The van der Waals surface area contributed by atoms with Crippen LogP contribution in [0.4, 0.5) is 5.13 Å². The molecule has 238 valence electrons. The molecule has 0 bridgehead atoms. The summed E-state index contributed by atoms with van der Waals surface area (Å²) in [5, 5.41) is 12.3. The number of nitrogens with zero attached hydrogens (tertiary/aromatic N) is 3. The van der Waals surface area contributed by atoms with Gasteiger partial charge >= 0.3 is 0 Å². The summed E-state index contributed by atoms with van der Waals surface area (Å²) in [4.78, 5) is 15.6. The lowest BCUT2D eigenvalue weighted by molar-refractivity contribution is -0.105. The first-order chi connectivity index (χ1) is 20.2. The Morgan fingerprint density at radius 1 is 0.930 bits per heavy atom. The average molecular weight is 629 g/mol. The number of aromatic nitrogens is 2. The predicted molar refractivity (Wildman–Crippen MR) is 181 cm³/mol. The second-order valence-corrected chi connectivity index (χ2v) is 18.2. The molecule has 1 aliphatic rings. The highest BCUT2D eigenvalue weighted by Gasteiger charge is 2.43. The van der Waals surface area contributed by atoms with Crippen molar-refractivity contribution >= 4 is 33.2 Å². The molecule has 43 heavy (non-hydrogen) atoms. The van der Waals surface area contributed by atoms with Crippen molar-refractivity contribution < 1.29 is 13.7 Å². The summed E-state index contributed by atoms with van der Waals surface area (Å²) in [7, 11) is 0.388. The van der Waals surface area contributed by atoms with Gasteiger partial charge in [-0.15, -0.1) is 10.2 Å². The molecule has 0 radical (unpaired) electrons. The van der Waals surface area contributed by atoms with Crippen LogP contribution in [-0.4, -0.2) is 65.2 Å². The molecule has 1 fully saturated rings. The molecule has 2 heterocycles. The van der Waals surface area contributed by atoms with Crippen molar-refractivity contribution in [1.29, 1.82) is 0 Å². The molecular formula is C34H52N4O3S2. The molecule has 9 heteroatoms. The largest absolute Gasteiger partial charge is 0.381 e. The van der Waals surface area contributed by atoms with E-state index in [1.807, 2.05) is 12.1 Å². The number of ether oxygens (including phenoxy) is 1. The zero-order valence-corrected chi connectivity index (χ0v) is 29.2.